The molecule has 0 aromatic carbocycles. The number of hydrogen-bond acceptors (Lipinski definition) is 4. The molecule has 24 heavy (non-hydrogen) atoms. The first-order valence-corrected chi connectivity index (χ1v) is 9.94. The predicted molar refractivity (Wildman–Crippen MR) is 97.0 cm³/mol. The van der Waals surface area contributed by atoms with Crippen molar-refractivity contribution >= 4 is 23.3 Å². The van der Waals surface area contributed by atoms with Crippen LogP contribution in [0.4, 0.5) is 0 Å². The molecule has 1 amide bonds. The molecule has 4 rings (SSSR count). The summed E-state index contributed by atoms with van der Waals surface area (Å²) in [4.78, 5) is 18.4. The molecule has 4 heterocycles. The van der Waals surface area contributed by atoms with E-state index in [4.69, 9.17) is 4.74 Å². The third kappa shape index (κ3) is 3.30. The van der Waals surface area contributed by atoms with Crippen molar-refractivity contribution in [2.45, 2.75) is 19.3 Å². The highest BCUT2D eigenvalue weighted by atomic mass is 32.1. The minimum Gasteiger partial charge on any atom is -0.380 e. The van der Waals surface area contributed by atoms with Crippen molar-refractivity contribution < 1.29 is 9.53 Å². The molecule has 1 aromatic heterocycles. The molecule has 5 heteroatoms. The highest BCUT2D eigenvalue weighted by Gasteiger charge is 2.52. The molecule has 0 spiro atoms. The molecule has 4 nitrogen and oxygen atoms in total. The van der Waals surface area contributed by atoms with E-state index in [0.29, 0.717) is 5.92 Å². The summed E-state index contributed by atoms with van der Waals surface area (Å²) in [5.41, 5.74) is 0.157. The minimum absolute atomic E-state index is 0.149. The van der Waals surface area contributed by atoms with Crippen LogP contribution in [-0.4, -0.2) is 61.6 Å². The maximum absolute atomic E-state index is 12.6. The second-order valence-corrected chi connectivity index (χ2v) is 8.46. The van der Waals surface area contributed by atoms with Gasteiger partial charge in [-0.1, -0.05) is 12.5 Å². The molecule has 3 aliphatic rings. The van der Waals surface area contributed by atoms with Gasteiger partial charge in [-0.2, -0.15) is 0 Å². The van der Waals surface area contributed by atoms with E-state index in [9.17, 15) is 4.79 Å². The third-order valence-electron chi connectivity index (χ3n) is 5.75. The van der Waals surface area contributed by atoms with Crippen LogP contribution in [0.5, 0.6) is 0 Å². The van der Waals surface area contributed by atoms with E-state index in [1.807, 2.05) is 28.5 Å². The third-order valence-corrected chi connectivity index (χ3v) is 6.59. The van der Waals surface area contributed by atoms with E-state index in [2.05, 4.69) is 4.90 Å². The van der Waals surface area contributed by atoms with Crippen LogP contribution < -0.4 is 0 Å². The van der Waals surface area contributed by atoms with Gasteiger partial charge in [0.2, 0.25) is 5.91 Å². The molecule has 0 radical (unpaired) electrons. The molecule has 0 aliphatic carbocycles. The van der Waals surface area contributed by atoms with Gasteiger partial charge in [0.25, 0.3) is 0 Å². The van der Waals surface area contributed by atoms with Gasteiger partial charge in [-0.05, 0) is 43.5 Å². The molecule has 2 atom stereocenters. The second-order valence-electron chi connectivity index (χ2n) is 7.48. The lowest BCUT2D eigenvalue weighted by atomic mass is 9.80. The van der Waals surface area contributed by atoms with Crippen LogP contribution in [0, 0.1) is 11.3 Å². The summed E-state index contributed by atoms with van der Waals surface area (Å²) in [7, 11) is 0. The van der Waals surface area contributed by atoms with E-state index in [1.54, 1.807) is 17.4 Å². The van der Waals surface area contributed by atoms with Crippen molar-refractivity contribution in [3.63, 3.8) is 0 Å². The van der Waals surface area contributed by atoms with Gasteiger partial charge in [0.15, 0.2) is 0 Å². The topological polar surface area (TPSA) is 32.8 Å². The molecule has 3 fully saturated rings. The minimum atomic E-state index is 0.149. The lowest BCUT2D eigenvalue weighted by Crippen LogP contribution is -2.45. The van der Waals surface area contributed by atoms with Crippen LogP contribution in [0.3, 0.4) is 0 Å². The van der Waals surface area contributed by atoms with Gasteiger partial charge < -0.3 is 14.5 Å². The smallest absolute Gasteiger partial charge is 0.246 e. The van der Waals surface area contributed by atoms with Crippen LogP contribution >= 0.6 is 11.3 Å². The van der Waals surface area contributed by atoms with E-state index >= 15 is 0 Å². The average molecular weight is 346 g/mol. The van der Waals surface area contributed by atoms with Crippen LogP contribution in [0.1, 0.15) is 24.1 Å². The van der Waals surface area contributed by atoms with E-state index < -0.39 is 0 Å². The predicted octanol–water partition coefficient (Wildman–Crippen LogP) is 2.72. The molecule has 1 aromatic rings. The van der Waals surface area contributed by atoms with Gasteiger partial charge in [0.1, 0.15) is 0 Å². The number of nitrogens with zero attached hydrogens (tertiary/aromatic N) is 2. The van der Waals surface area contributed by atoms with Gasteiger partial charge in [0.05, 0.1) is 13.2 Å². The number of thiophene rings is 1. The normalized spacial score (nSPS) is 31.0. The van der Waals surface area contributed by atoms with Gasteiger partial charge in [-0.25, -0.2) is 0 Å². The van der Waals surface area contributed by atoms with Crippen molar-refractivity contribution in [3.8, 4) is 0 Å². The SMILES string of the molecule is O=C(/C=C/c1cccs1)N1C[C@@H]2COC[C@]2(CN2CCCCC2)C1. The van der Waals surface area contributed by atoms with Crippen molar-refractivity contribution in [2.24, 2.45) is 11.3 Å². The van der Waals surface area contributed by atoms with Gasteiger partial charge in [-0.15, -0.1) is 11.3 Å². The quantitative estimate of drug-likeness (QED) is 0.786. The number of piperidine rings is 1. The van der Waals surface area contributed by atoms with E-state index in [-0.39, 0.29) is 11.3 Å². The number of rotatable bonds is 4. The summed E-state index contributed by atoms with van der Waals surface area (Å²) in [6.07, 6.45) is 7.67. The summed E-state index contributed by atoms with van der Waals surface area (Å²) in [6.45, 7) is 6.83. The van der Waals surface area contributed by atoms with Crippen LogP contribution in [0.2, 0.25) is 0 Å². The molecular weight excluding hydrogens is 320 g/mol. The molecule has 0 N–H and O–H groups in total. The molecule has 3 saturated heterocycles. The lowest BCUT2D eigenvalue weighted by Gasteiger charge is -2.36. The monoisotopic (exact) mass is 346 g/mol. The number of amides is 1. The number of likely N-dealkylation sites (tertiary alicyclic amines) is 2. The highest BCUT2D eigenvalue weighted by Crippen LogP contribution is 2.42. The number of ether oxygens (including phenoxy) is 1. The Morgan fingerprint density at radius 3 is 3.04 bits per heavy atom. The fraction of sp³-hybridized carbons (Fsp3) is 0.632. The standard InChI is InChI=1S/C19H26N2O2S/c22-18(7-6-17-5-4-10-24-17)21-11-16-12-23-15-19(16,14-21)13-20-8-2-1-3-9-20/h4-7,10,16H,1-3,8-9,11-15H2/b7-6+/t16-,19+/m1/s1. The Morgan fingerprint density at radius 1 is 1.38 bits per heavy atom. The van der Waals surface area contributed by atoms with Gasteiger partial charge in [-0.3, -0.25) is 4.79 Å². The highest BCUT2D eigenvalue weighted by molar-refractivity contribution is 7.10. The fourth-order valence-corrected chi connectivity index (χ4v) is 5.05. The molecule has 130 valence electrons. The summed E-state index contributed by atoms with van der Waals surface area (Å²) in [5.74, 6) is 0.648. The first-order valence-electron chi connectivity index (χ1n) is 9.06. The number of carbonyl (C=O) groups is 1. The zero-order valence-corrected chi connectivity index (χ0v) is 15.0. The zero-order valence-electron chi connectivity index (χ0n) is 14.2. The Morgan fingerprint density at radius 2 is 2.25 bits per heavy atom. The van der Waals surface area contributed by atoms with Crippen molar-refractivity contribution in [1.82, 2.24) is 9.80 Å². The average Bonchev–Trinajstić information content (AvgIpc) is 3.29. The van der Waals surface area contributed by atoms with E-state index in [0.717, 1.165) is 37.7 Å². The summed E-state index contributed by atoms with van der Waals surface area (Å²) < 4.78 is 5.82. The number of fused-ring (bicyclic) bond motifs is 1. The second kappa shape index (κ2) is 6.98. The Kier molecular flexibility index (Phi) is 4.74. The molecule has 3 aliphatic heterocycles. The first-order chi connectivity index (χ1) is 11.8. The van der Waals surface area contributed by atoms with Crippen molar-refractivity contribution in [2.75, 3.05) is 45.9 Å². The Hall–Kier alpha value is -1.17. The maximum atomic E-state index is 12.6. The van der Waals surface area contributed by atoms with Gasteiger partial charge >= 0.3 is 0 Å². The van der Waals surface area contributed by atoms with Gasteiger partial charge in [0, 0.05) is 41.9 Å². The Bertz CT molecular complexity index is 595. The van der Waals surface area contributed by atoms with Crippen LogP contribution in [-0.2, 0) is 9.53 Å². The summed E-state index contributed by atoms with van der Waals surface area (Å²) >= 11 is 1.66. The molecular formula is C19H26N2O2S. The molecule has 0 bridgehead atoms. The number of hydrogen-bond donors (Lipinski definition) is 0. The fourth-order valence-electron chi connectivity index (χ4n) is 4.43. The lowest BCUT2D eigenvalue weighted by molar-refractivity contribution is -0.125. The van der Waals surface area contributed by atoms with Crippen LogP contribution in [0.15, 0.2) is 23.6 Å². The Labute approximate surface area is 148 Å². The van der Waals surface area contributed by atoms with E-state index in [1.165, 1.54) is 32.4 Å². The summed E-state index contributed by atoms with van der Waals surface area (Å²) in [5, 5.41) is 2.04. The molecule has 0 unspecified atom stereocenters. The van der Waals surface area contributed by atoms with Crippen molar-refractivity contribution in [1.29, 1.82) is 0 Å². The first kappa shape index (κ1) is 16.3. The number of carbonyl (C=O) groups excluding carboxylic acids is 1. The summed E-state index contributed by atoms with van der Waals surface area (Å²) in [6, 6.07) is 4.05. The zero-order chi connectivity index (χ0) is 16.4. The molecule has 0 saturated carbocycles. The Balaban J connectivity index is 1.41. The van der Waals surface area contributed by atoms with Crippen LogP contribution in [0.25, 0.3) is 6.08 Å². The largest absolute Gasteiger partial charge is 0.380 e. The maximum Gasteiger partial charge on any atom is 0.246 e. The van der Waals surface area contributed by atoms with Crippen molar-refractivity contribution in [3.05, 3.63) is 28.5 Å².